The minimum absolute atomic E-state index is 0.138. The van der Waals surface area contributed by atoms with E-state index in [1.165, 1.54) is 6.42 Å². The predicted octanol–water partition coefficient (Wildman–Crippen LogP) is 3.56. The van der Waals surface area contributed by atoms with Crippen LogP contribution in [0.3, 0.4) is 0 Å². The Kier molecular flexibility index (Phi) is 4.29. The Hall–Kier alpha value is -3.19. The van der Waals surface area contributed by atoms with E-state index in [2.05, 4.69) is 33.0 Å². The highest BCUT2D eigenvalue weighted by Gasteiger charge is 2.16. The molecule has 5 heterocycles. The minimum Gasteiger partial charge on any atom is -0.358 e. The summed E-state index contributed by atoms with van der Waals surface area (Å²) in [4.78, 5) is 20.1. The maximum absolute atomic E-state index is 10.9. The van der Waals surface area contributed by atoms with Crippen molar-refractivity contribution in [1.82, 2.24) is 23.5 Å². The van der Waals surface area contributed by atoms with E-state index in [0.29, 0.717) is 12.1 Å². The molecule has 0 amide bonds. The average molecular weight is 375 g/mol. The predicted molar refractivity (Wildman–Crippen MR) is 104 cm³/mol. The second-order valence-corrected chi connectivity index (χ2v) is 7.18. The number of hydrogen-bond acceptors (Lipinski definition) is 4. The lowest BCUT2D eigenvalue weighted by molar-refractivity contribution is -0.0317. The Morgan fingerprint density at radius 3 is 2.96 bits per heavy atom. The van der Waals surface area contributed by atoms with Crippen molar-refractivity contribution < 1.29 is 9.53 Å². The van der Waals surface area contributed by atoms with Crippen LogP contribution in [0.4, 0.5) is 0 Å². The number of aromatic nitrogens is 5. The maximum Gasteiger partial charge on any atom is 0.151 e. The van der Waals surface area contributed by atoms with Gasteiger partial charge in [0.2, 0.25) is 0 Å². The summed E-state index contributed by atoms with van der Waals surface area (Å²) >= 11 is 0. The molecule has 1 saturated heterocycles. The molecule has 1 fully saturated rings. The zero-order valence-corrected chi connectivity index (χ0v) is 15.4. The third kappa shape index (κ3) is 3.25. The van der Waals surface area contributed by atoms with Gasteiger partial charge in [-0.05, 0) is 37.5 Å². The first-order chi connectivity index (χ1) is 13.8. The van der Waals surface area contributed by atoms with Crippen molar-refractivity contribution in [2.24, 2.45) is 0 Å². The number of nitrogens with zero attached hydrogens (tertiary/aromatic N) is 5. The second kappa shape index (κ2) is 7.09. The quantitative estimate of drug-likeness (QED) is 0.500. The Labute approximate surface area is 162 Å². The summed E-state index contributed by atoms with van der Waals surface area (Å²) in [7, 11) is 0. The number of pyridine rings is 1. The minimum atomic E-state index is 0.138. The Balaban J connectivity index is 1.33. The van der Waals surface area contributed by atoms with E-state index in [1.54, 1.807) is 12.3 Å². The molecule has 4 aromatic heterocycles. The molecule has 1 atom stereocenters. The lowest BCUT2D eigenvalue weighted by Crippen LogP contribution is -2.16. The lowest BCUT2D eigenvalue weighted by atomic mass is 10.2. The van der Waals surface area contributed by atoms with E-state index in [9.17, 15) is 4.79 Å². The van der Waals surface area contributed by atoms with E-state index < -0.39 is 0 Å². The van der Waals surface area contributed by atoms with Crippen LogP contribution in [0.15, 0.2) is 55.5 Å². The van der Waals surface area contributed by atoms with Crippen molar-refractivity contribution in [2.75, 3.05) is 6.61 Å². The van der Waals surface area contributed by atoms with Crippen LogP contribution in [0.1, 0.15) is 41.5 Å². The molecule has 0 N–H and O–H groups in total. The summed E-state index contributed by atoms with van der Waals surface area (Å²) in [6.45, 7) is 1.46. The SMILES string of the molecule is O=Cc1ccc2nc(Cn3cnc(-c4ccn(C5CCCCO5)c4)c3)cn2c1. The van der Waals surface area contributed by atoms with Crippen LogP contribution in [0.5, 0.6) is 0 Å². The molecule has 0 aromatic carbocycles. The van der Waals surface area contributed by atoms with Crippen molar-refractivity contribution in [3.8, 4) is 11.3 Å². The number of carbonyl (C=O) groups excluding carboxylic acids is 1. The average Bonchev–Trinajstić information content (AvgIpc) is 3.47. The van der Waals surface area contributed by atoms with Crippen LogP contribution in [0.25, 0.3) is 16.9 Å². The van der Waals surface area contributed by atoms with Crippen molar-refractivity contribution in [3.05, 3.63) is 66.8 Å². The maximum atomic E-state index is 10.9. The zero-order valence-electron chi connectivity index (χ0n) is 15.4. The fourth-order valence-electron chi connectivity index (χ4n) is 3.69. The topological polar surface area (TPSA) is 66.3 Å². The Bertz CT molecular complexity index is 1120. The van der Waals surface area contributed by atoms with Crippen LogP contribution in [0, 0.1) is 0 Å². The van der Waals surface area contributed by atoms with Gasteiger partial charge >= 0.3 is 0 Å². The van der Waals surface area contributed by atoms with E-state index in [-0.39, 0.29) is 6.23 Å². The third-order valence-corrected chi connectivity index (χ3v) is 5.14. The second-order valence-electron chi connectivity index (χ2n) is 7.18. The normalized spacial score (nSPS) is 17.2. The van der Waals surface area contributed by atoms with Gasteiger partial charge in [0.05, 0.1) is 24.3 Å². The van der Waals surface area contributed by atoms with Crippen molar-refractivity contribution >= 4 is 11.9 Å². The van der Waals surface area contributed by atoms with Gasteiger partial charge in [0, 0.05) is 48.7 Å². The van der Waals surface area contributed by atoms with E-state index in [0.717, 1.165) is 48.3 Å². The molecule has 0 spiro atoms. The number of imidazole rings is 2. The van der Waals surface area contributed by atoms with Gasteiger partial charge in [-0.15, -0.1) is 0 Å². The molecule has 4 aromatic rings. The summed E-state index contributed by atoms with van der Waals surface area (Å²) in [5.41, 5.74) is 4.39. The molecule has 0 radical (unpaired) electrons. The molecule has 0 bridgehead atoms. The smallest absolute Gasteiger partial charge is 0.151 e. The highest BCUT2D eigenvalue weighted by molar-refractivity contribution is 5.74. The standard InChI is InChI=1S/C21H21N5O2/c27-14-16-4-5-20-23-18(12-26(20)9-16)11-24-13-19(22-15-24)17-6-7-25(10-17)21-3-1-2-8-28-21/h4-7,9-10,12-15,21H,1-3,8,11H2. The van der Waals surface area contributed by atoms with Gasteiger partial charge in [0.15, 0.2) is 6.29 Å². The molecule has 1 aliphatic rings. The molecule has 0 saturated carbocycles. The van der Waals surface area contributed by atoms with Crippen molar-refractivity contribution in [2.45, 2.75) is 32.0 Å². The monoisotopic (exact) mass is 375 g/mol. The number of aldehydes is 1. The highest BCUT2D eigenvalue weighted by Crippen LogP contribution is 2.26. The molecule has 28 heavy (non-hydrogen) atoms. The first-order valence-corrected chi connectivity index (χ1v) is 9.52. The van der Waals surface area contributed by atoms with Crippen LogP contribution in [-0.4, -0.2) is 36.4 Å². The first kappa shape index (κ1) is 16.9. The van der Waals surface area contributed by atoms with Gasteiger partial charge in [-0.1, -0.05) is 0 Å². The van der Waals surface area contributed by atoms with Gasteiger partial charge < -0.3 is 18.3 Å². The van der Waals surface area contributed by atoms with E-state index >= 15 is 0 Å². The fraction of sp³-hybridized carbons (Fsp3) is 0.286. The fourth-order valence-corrected chi connectivity index (χ4v) is 3.69. The summed E-state index contributed by atoms with van der Waals surface area (Å²) in [6.07, 6.45) is 16.1. The Morgan fingerprint density at radius 2 is 2.11 bits per heavy atom. The number of hydrogen-bond donors (Lipinski definition) is 0. The first-order valence-electron chi connectivity index (χ1n) is 9.52. The molecule has 1 aliphatic heterocycles. The zero-order chi connectivity index (χ0) is 18.9. The molecular weight excluding hydrogens is 354 g/mol. The summed E-state index contributed by atoms with van der Waals surface area (Å²) in [5, 5.41) is 0. The third-order valence-electron chi connectivity index (χ3n) is 5.14. The van der Waals surface area contributed by atoms with Gasteiger partial charge in [-0.3, -0.25) is 4.79 Å². The van der Waals surface area contributed by atoms with Crippen LogP contribution in [0.2, 0.25) is 0 Å². The number of fused-ring (bicyclic) bond motifs is 1. The Morgan fingerprint density at radius 1 is 1.14 bits per heavy atom. The van der Waals surface area contributed by atoms with E-state index in [1.807, 2.05) is 33.8 Å². The van der Waals surface area contributed by atoms with Crippen molar-refractivity contribution in [3.63, 3.8) is 0 Å². The summed E-state index contributed by atoms with van der Waals surface area (Å²) in [6, 6.07) is 5.70. The van der Waals surface area contributed by atoms with Crippen LogP contribution >= 0.6 is 0 Å². The van der Waals surface area contributed by atoms with E-state index in [4.69, 9.17) is 4.74 Å². The molecular formula is C21H21N5O2. The molecule has 5 rings (SSSR count). The number of ether oxygens (including phenoxy) is 1. The number of carbonyl (C=O) groups is 1. The molecule has 0 aliphatic carbocycles. The molecule has 7 heteroatoms. The van der Waals surface area contributed by atoms with Gasteiger partial charge in [0.25, 0.3) is 0 Å². The van der Waals surface area contributed by atoms with Crippen LogP contribution in [-0.2, 0) is 11.3 Å². The lowest BCUT2D eigenvalue weighted by Gasteiger charge is -2.23. The van der Waals surface area contributed by atoms with Crippen molar-refractivity contribution in [1.29, 1.82) is 0 Å². The number of rotatable bonds is 5. The van der Waals surface area contributed by atoms with Crippen LogP contribution < -0.4 is 0 Å². The van der Waals surface area contributed by atoms with Gasteiger partial charge in [-0.2, -0.15) is 0 Å². The molecule has 7 nitrogen and oxygen atoms in total. The highest BCUT2D eigenvalue weighted by atomic mass is 16.5. The van der Waals surface area contributed by atoms with Gasteiger partial charge in [-0.25, -0.2) is 9.97 Å². The summed E-state index contributed by atoms with van der Waals surface area (Å²) in [5.74, 6) is 0. The summed E-state index contributed by atoms with van der Waals surface area (Å²) < 4.78 is 11.9. The molecule has 1 unspecified atom stereocenters. The van der Waals surface area contributed by atoms with Gasteiger partial charge in [0.1, 0.15) is 11.9 Å². The molecule has 142 valence electrons. The largest absolute Gasteiger partial charge is 0.358 e.